The van der Waals surface area contributed by atoms with Crippen LogP contribution in [0.25, 0.3) is 0 Å². The Morgan fingerprint density at radius 2 is 2.15 bits per heavy atom. The van der Waals surface area contributed by atoms with E-state index in [1.165, 1.54) is 0 Å². The quantitative estimate of drug-likeness (QED) is 0.874. The molecule has 3 nitrogen and oxygen atoms in total. The minimum Gasteiger partial charge on any atom is -0.312 e. The summed E-state index contributed by atoms with van der Waals surface area (Å²) in [5, 5.41) is 5.10. The van der Waals surface area contributed by atoms with Gasteiger partial charge in [-0.15, -0.1) is 0 Å². The van der Waals surface area contributed by atoms with Gasteiger partial charge in [0, 0.05) is 28.9 Å². The lowest BCUT2D eigenvalue weighted by Crippen LogP contribution is -2.19. The molecular weight excluding hydrogens is 290 g/mol. The molecule has 0 spiro atoms. The van der Waals surface area contributed by atoms with Crippen molar-refractivity contribution in [3.05, 3.63) is 47.4 Å². The molecule has 0 bridgehead atoms. The van der Waals surface area contributed by atoms with Crippen LogP contribution in [0.3, 0.4) is 0 Å². The smallest absolute Gasteiger partial charge is 0.119 e. The zero-order chi connectivity index (χ0) is 14.4. The minimum atomic E-state index is 0.619. The zero-order valence-corrected chi connectivity index (χ0v) is 13.2. The molecule has 1 heterocycles. The highest BCUT2D eigenvalue weighted by Crippen LogP contribution is 2.32. The van der Waals surface area contributed by atoms with Gasteiger partial charge in [0.05, 0.1) is 6.20 Å². The number of halogens is 1. The van der Waals surface area contributed by atoms with Crippen molar-refractivity contribution in [3.63, 3.8) is 0 Å². The number of nitrogens with zero attached hydrogens (tertiary/aromatic N) is 2. The lowest BCUT2D eigenvalue weighted by atomic mass is 10.2. The Morgan fingerprint density at radius 3 is 2.85 bits per heavy atom. The highest BCUT2D eigenvalue weighted by Gasteiger charge is 2.09. The molecule has 0 radical (unpaired) electrons. The summed E-state index contributed by atoms with van der Waals surface area (Å²) in [4.78, 5) is 9.50. The van der Waals surface area contributed by atoms with Gasteiger partial charge in [-0.05, 0) is 30.2 Å². The average molecular weight is 308 g/mol. The second-order valence-electron chi connectivity index (χ2n) is 4.89. The lowest BCUT2D eigenvalue weighted by Gasteiger charge is -2.13. The normalized spacial score (nSPS) is 11.0. The van der Waals surface area contributed by atoms with E-state index in [1.54, 1.807) is 30.4 Å². The van der Waals surface area contributed by atoms with Crippen molar-refractivity contribution in [2.75, 3.05) is 6.54 Å². The number of rotatable bonds is 6. The van der Waals surface area contributed by atoms with Gasteiger partial charge >= 0.3 is 0 Å². The van der Waals surface area contributed by atoms with Crippen LogP contribution in [-0.2, 0) is 6.54 Å². The topological polar surface area (TPSA) is 37.8 Å². The Kier molecular flexibility index (Phi) is 5.83. The van der Waals surface area contributed by atoms with Crippen LogP contribution in [0.1, 0.15) is 19.4 Å². The van der Waals surface area contributed by atoms with E-state index in [9.17, 15) is 0 Å². The van der Waals surface area contributed by atoms with E-state index in [0.29, 0.717) is 5.92 Å². The fourth-order valence-electron chi connectivity index (χ4n) is 1.74. The molecule has 0 amide bonds. The van der Waals surface area contributed by atoms with Crippen molar-refractivity contribution in [1.29, 1.82) is 0 Å². The molecule has 0 aliphatic rings. The highest BCUT2D eigenvalue weighted by molar-refractivity contribution is 7.99. The molecule has 0 aliphatic carbocycles. The second kappa shape index (κ2) is 7.62. The van der Waals surface area contributed by atoms with Crippen LogP contribution < -0.4 is 5.32 Å². The fourth-order valence-corrected chi connectivity index (χ4v) is 2.94. The molecule has 1 aromatic heterocycles. The molecule has 2 aromatic rings. The standard InChI is InChI=1S/C15H18ClN3S/c1-11(2)8-18-9-12-13(16)4-3-5-14(12)20-15-10-17-6-7-19-15/h3-7,10-11,18H,8-9H2,1-2H3. The van der Waals surface area contributed by atoms with Crippen molar-refractivity contribution >= 4 is 23.4 Å². The van der Waals surface area contributed by atoms with Gasteiger partial charge < -0.3 is 5.32 Å². The monoisotopic (exact) mass is 307 g/mol. The summed E-state index contributed by atoms with van der Waals surface area (Å²) in [5.74, 6) is 0.619. The molecular formula is C15H18ClN3S. The Labute approximate surface area is 129 Å². The molecule has 0 saturated carbocycles. The van der Waals surface area contributed by atoms with E-state index in [-0.39, 0.29) is 0 Å². The zero-order valence-electron chi connectivity index (χ0n) is 11.6. The number of nitrogens with one attached hydrogen (secondary N) is 1. The molecule has 5 heteroatoms. The summed E-state index contributed by atoms with van der Waals surface area (Å²) in [6.45, 7) is 6.12. The first kappa shape index (κ1) is 15.3. The van der Waals surface area contributed by atoms with Crippen LogP contribution in [0.5, 0.6) is 0 Å². The van der Waals surface area contributed by atoms with Crippen molar-refractivity contribution in [2.45, 2.75) is 30.3 Å². The average Bonchev–Trinajstić information content (AvgIpc) is 2.43. The van der Waals surface area contributed by atoms with Gasteiger partial charge in [-0.3, -0.25) is 4.98 Å². The fraction of sp³-hybridized carbons (Fsp3) is 0.333. The van der Waals surface area contributed by atoms with Gasteiger partial charge in [0.2, 0.25) is 0 Å². The summed E-state index contributed by atoms with van der Waals surface area (Å²) in [6, 6.07) is 5.96. The van der Waals surface area contributed by atoms with Crippen molar-refractivity contribution in [2.24, 2.45) is 5.92 Å². The maximum atomic E-state index is 6.32. The Bertz CT molecular complexity index is 546. The number of hydrogen-bond donors (Lipinski definition) is 1. The molecule has 1 aromatic carbocycles. The first-order valence-electron chi connectivity index (χ1n) is 6.59. The highest BCUT2D eigenvalue weighted by atomic mass is 35.5. The molecule has 0 aliphatic heterocycles. The third-order valence-electron chi connectivity index (χ3n) is 2.68. The van der Waals surface area contributed by atoms with Gasteiger partial charge in [0.1, 0.15) is 5.03 Å². The van der Waals surface area contributed by atoms with Crippen molar-refractivity contribution < 1.29 is 0 Å². The van der Waals surface area contributed by atoms with Crippen molar-refractivity contribution in [3.8, 4) is 0 Å². The summed E-state index contributed by atoms with van der Waals surface area (Å²) < 4.78 is 0. The molecule has 0 saturated heterocycles. The molecule has 20 heavy (non-hydrogen) atoms. The van der Waals surface area contributed by atoms with Gasteiger partial charge in [0.25, 0.3) is 0 Å². The van der Waals surface area contributed by atoms with Crippen LogP contribution in [0.15, 0.2) is 46.7 Å². The predicted molar refractivity (Wildman–Crippen MR) is 84.2 cm³/mol. The van der Waals surface area contributed by atoms with E-state index < -0.39 is 0 Å². The largest absolute Gasteiger partial charge is 0.312 e. The third kappa shape index (κ3) is 4.47. The first-order valence-corrected chi connectivity index (χ1v) is 7.78. The van der Waals surface area contributed by atoms with Crippen LogP contribution in [0.4, 0.5) is 0 Å². The molecule has 1 N–H and O–H groups in total. The summed E-state index contributed by atoms with van der Waals surface area (Å²) in [5.41, 5.74) is 1.12. The van der Waals surface area contributed by atoms with Crippen LogP contribution in [0.2, 0.25) is 5.02 Å². The number of hydrogen-bond acceptors (Lipinski definition) is 4. The van der Waals surface area contributed by atoms with Gasteiger partial charge in [-0.1, -0.05) is 43.3 Å². The Balaban J connectivity index is 2.13. The van der Waals surface area contributed by atoms with E-state index in [1.807, 2.05) is 12.1 Å². The summed E-state index contributed by atoms with van der Waals surface area (Å²) in [6.07, 6.45) is 5.13. The molecule has 0 fully saturated rings. The van der Waals surface area contributed by atoms with E-state index in [2.05, 4.69) is 35.2 Å². The number of aromatic nitrogens is 2. The van der Waals surface area contributed by atoms with Crippen LogP contribution in [0, 0.1) is 5.92 Å². The Hall–Kier alpha value is -1.10. The SMILES string of the molecule is CC(C)CNCc1c(Cl)cccc1Sc1cnccn1. The predicted octanol–water partition coefficient (Wildman–Crippen LogP) is 4.03. The van der Waals surface area contributed by atoms with Crippen molar-refractivity contribution in [1.82, 2.24) is 15.3 Å². The van der Waals surface area contributed by atoms with Gasteiger partial charge in [-0.25, -0.2) is 4.98 Å². The lowest BCUT2D eigenvalue weighted by molar-refractivity contribution is 0.550. The minimum absolute atomic E-state index is 0.619. The molecule has 0 unspecified atom stereocenters. The molecule has 2 rings (SSSR count). The van der Waals surface area contributed by atoms with Gasteiger partial charge in [-0.2, -0.15) is 0 Å². The van der Waals surface area contributed by atoms with Crippen LogP contribution in [-0.4, -0.2) is 16.5 Å². The number of benzene rings is 1. The van der Waals surface area contributed by atoms with E-state index >= 15 is 0 Å². The van der Waals surface area contributed by atoms with E-state index in [0.717, 1.165) is 33.6 Å². The van der Waals surface area contributed by atoms with E-state index in [4.69, 9.17) is 11.6 Å². The Morgan fingerprint density at radius 1 is 1.30 bits per heavy atom. The summed E-state index contributed by atoms with van der Waals surface area (Å²) >= 11 is 7.91. The summed E-state index contributed by atoms with van der Waals surface area (Å²) in [7, 11) is 0. The van der Waals surface area contributed by atoms with Crippen LogP contribution >= 0.6 is 23.4 Å². The third-order valence-corrected chi connectivity index (χ3v) is 4.06. The van der Waals surface area contributed by atoms with Gasteiger partial charge in [0.15, 0.2) is 0 Å². The molecule has 0 atom stereocenters. The second-order valence-corrected chi connectivity index (χ2v) is 6.36. The first-order chi connectivity index (χ1) is 9.66. The maximum absolute atomic E-state index is 6.32. The molecule has 106 valence electrons. The maximum Gasteiger partial charge on any atom is 0.119 e.